The zero-order valence-electron chi connectivity index (χ0n) is 11.3. The van der Waals surface area contributed by atoms with Crippen molar-refractivity contribution in [1.82, 2.24) is 4.90 Å². The summed E-state index contributed by atoms with van der Waals surface area (Å²) in [6.45, 7) is 1.00. The number of aryl methyl sites for hydroxylation is 1. The Morgan fingerprint density at radius 3 is 2.65 bits per heavy atom. The first-order valence-corrected chi connectivity index (χ1v) is 5.76. The number of methoxy groups -OCH3 is 1. The van der Waals surface area contributed by atoms with Crippen molar-refractivity contribution in [2.75, 3.05) is 20.7 Å². The summed E-state index contributed by atoms with van der Waals surface area (Å²) >= 11 is 0. The Labute approximate surface area is 113 Å². The molecule has 1 atom stereocenters. The number of nitrogens with zero attached hydrogens (tertiary/aromatic N) is 1. The highest BCUT2D eigenvalue weighted by Crippen LogP contribution is 2.22. The van der Waals surface area contributed by atoms with Crippen molar-refractivity contribution in [2.24, 2.45) is 0 Å². The number of esters is 1. The van der Waals surface area contributed by atoms with Gasteiger partial charge in [0.05, 0.1) is 13.7 Å². The number of halogens is 3. The van der Waals surface area contributed by atoms with E-state index in [2.05, 4.69) is 4.74 Å². The van der Waals surface area contributed by atoms with Crippen molar-refractivity contribution >= 4 is 5.97 Å². The van der Waals surface area contributed by atoms with E-state index in [9.17, 15) is 18.0 Å². The minimum absolute atomic E-state index is 0.0327. The first-order valence-electron chi connectivity index (χ1n) is 5.76. The fourth-order valence-corrected chi connectivity index (χ4v) is 1.66. The van der Waals surface area contributed by atoms with Crippen molar-refractivity contribution < 1.29 is 32.2 Å². The van der Waals surface area contributed by atoms with E-state index in [0.717, 1.165) is 0 Å². The molecule has 114 valence electrons. The van der Waals surface area contributed by atoms with Gasteiger partial charge in [-0.3, -0.25) is 4.90 Å². The standard InChI is InChI=1S/C12H16F3NO4/c1-7-9(11(18)19-3)4-8(20-7)5-16(2)6-10(17)12(13,14)15/h4,10,17H,5-6H2,1-3H3. The van der Waals surface area contributed by atoms with Crippen molar-refractivity contribution in [2.45, 2.75) is 25.7 Å². The topological polar surface area (TPSA) is 62.9 Å². The second-order valence-corrected chi connectivity index (χ2v) is 4.43. The number of carbonyl (C=O) groups excluding carboxylic acids is 1. The van der Waals surface area contributed by atoms with E-state index >= 15 is 0 Å². The van der Waals surface area contributed by atoms with Gasteiger partial charge in [0.2, 0.25) is 0 Å². The highest BCUT2D eigenvalue weighted by molar-refractivity contribution is 5.90. The molecule has 0 aliphatic heterocycles. The molecule has 1 unspecified atom stereocenters. The molecular formula is C12H16F3NO4. The van der Waals surface area contributed by atoms with Crippen LogP contribution < -0.4 is 0 Å². The summed E-state index contributed by atoms with van der Waals surface area (Å²) in [5, 5.41) is 8.95. The number of hydrogen-bond donors (Lipinski definition) is 1. The van der Waals surface area contributed by atoms with Gasteiger partial charge in [-0.2, -0.15) is 13.2 Å². The highest BCUT2D eigenvalue weighted by atomic mass is 19.4. The molecule has 1 heterocycles. The summed E-state index contributed by atoms with van der Waals surface area (Å²) in [4.78, 5) is 12.6. The lowest BCUT2D eigenvalue weighted by Gasteiger charge is -2.21. The quantitative estimate of drug-likeness (QED) is 0.838. The Hall–Kier alpha value is -1.54. The van der Waals surface area contributed by atoms with Gasteiger partial charge in [-0.15, -0.1) is 0 Å². The predicted molar refractivity (Wildman–Crippen MR) is 63.2 cm³/mol. The lowest BCUT2D eigenvalue weighted by molar-refractivity contribution is -0.207. The summed E-state index contributed by atoms with van der Waals surface area (Å²) in [7, 11) is 2.63. The summed E-state index contributed by atoms with van der Waals surface area (Å²) < 4.78 is 46.4. The first kappa shape index (κ1) is 16.5. The molecule has 0 bridgehead atoms. The zero-order valence-corrected chi connectivity index (χ0v) is 11.3. The molecule has 0 aromatic carbocycles. The highest BCUT2D eigenvalue weighted by Gasteiger charge is 2.38. The first-order chi connectivity index (χ1) is 9.15. The minimum Gasteiger partial charge on any atom is -0.465 e. The Morgan fingerprint density at radius 1 is 1.55 bits per heavy atom. The van der Waals surface area contributed by atoms with Crippen molar-refractivity contribution in [3.8, 4) is 0 Å². The second kappa shape index (κ2) is 6.27. The van der Waals surface area contributed by atoms with Crippen LogP contribution in [-0.2, 0) is 11.3 Å². The van der Waals surface area contributed by atoms with Gasteiger partial charge in [-0.05, 0) is 20.0 Å². The lowest BCUT2D eigenvalue weighted by atomic mass is 10.2. The van der Waals surface area contributed by atoms with Crippen molar-refractivity contribution in [3.63, 3.8) is 0 Å². The second-order valence-electron chi connectivity index (χ2n) is 4.43. The zero-order chi connectivity index (χ0) is 15.5. The van der Waals surface area contributed by atoms with Gasteiger partial charge in [-0.1, -0.05) is 0 Å². The number of aliphatic hydroxyl groups is 1. The maximum absolute atomic E-state index is 12.2. The van der Waals surface area contributed by atoms with Crippen LogP contribution in [0.15, 0.2) is 10.5 Å². The average Bonchev–Trinajstić information content (AvgIpc) is 2.67. The molecule has 20 heavy (non-hydrogen) atoms. The van der Waals surface area contributed by atoms with Gasteiger partial charge < -0.3 is 14.3 Å². The van der Waals surface area contributed by atoms with Crippen LogP contribution in [0.25, 0.3) is 0 Å². The minimum atomic E-state index is -4.66. The van der Waals surface area contributed by atoms with Crippen LogP contribution in [0.5, 0.6) is 0 Å². The predicted octanol–water partition coefficient (Wildman–Crippen LogP) is 1.73. The van der Waals surface area contributed by atoms with E-state index in [0.29, 0.717) is 11.5 Å². The van der Waals surface area contributed by atoms with Gasteiger partial charge in [0.1, 0.15) is 17.1 Å². The van der Waals surface area contributed by atoms with E-state index < -0.39 is 24.8 Å². The number of hydrogen-bond acceptors (Lipinski definition) is 5. The van der Waals surface area contributed by atoms with Gasteiger partial charge in [0, 0.05) is 6.54 Å². The molecule has 5 nitrogen and oxygen atoms in total. The SMILES string of the molecule is COC(=O)c1cc(CN(C)CC(O)C(F)(F)F)oc1C. The van der Waals surface area contributed by atoms with Gasteiger partial charge in [0.25, 0.3) is 0 Å². The maximum atomic E-state index is 12.2. The van der Waals surface area contributed by atoms with Gasteiger partial charge in [-0.25, -0.2) is 4.79 Å². The van der Waals surface area contributed by atoms with Crippen molar-refractivity contribution in [3.05, 3.63) is 23.2 Å². The molecule has 0 amide bonds. The molecular weight excluding hydrogens is 279 g/mol. The lowest BCUT2D eigenvalue weighted by Crippen LogP contribution is -2.39. The third-order valence-corrected chi connectivity index (χ3v) is 2.66. The molecule has 1 aromatic heterocycles. The molecule has 1 N–H and O–H groups in total. The van der Waals surface area contributed by atoms with Crippen LogP contribution in [0.4, 0.5) is 13.2 Å². The largest absolute Gasteiger partial charge is 0.465 e. The van der Waals surface area contributed by atoms with Crippen LogP contribution in [0, 0.1) is 6.92 Å². The van der Waals surface area contributed by atoms with Crippen molar-refractivity contribution in [1.29, 1.82) is 0 Å². The van der Waals surface area contributed by atoms with E-state index in [1.807, 2.05) is 0 Å². The summed E-state index contributed by atoms with van der Waals surface area (Å²) in [6.07, 6.45) is -7.09. The number of furan rings is 1. The molecule has 8 heteroatoms. The average molecular weight is 295 g/mol. The monoisotopic (exact) mass is 295 g/mol. The van der Waals surface area contributed by atoms with E-state index in [-0.39, 0.29) is 12.1 Å². The fraction of sp³-hybridized carbons (Fsp3) is 0.583. The van der Waals surface area contributed by atoms with Crippen LogP contribution in [0.2, 0.25) is 0 Å². The van der Waals surface area contributed by atoms with Gasteiger partial charge >= 0.3 is 12.1 Å². The maximum Gasteiger partial charge on any atom is 0.415 e. The number of alkyl halides is 3. The fourth-order valence-electron chi connectivity index (χ4n) is 1.66. The molecule has 0 fully saturated rings. The van der Waals surface area contributed by atoms with Crippen LogP contribution in [0.3, 0.4) is 0 Å². The third kappa shape index (κ3) is 4.24. The smallest absolute Gasteiger partial charge is 0.415 e. The van der Waals surface area contributed by atoms with E-state index in [1.165, 1.54) is 25.1 Å². The Bertz CT molecular complexity index is 470. The Balaban J connectivity index is 2.67. The van der Waals surface area contributed by atoms with Crippen LogP contribution in [-0.4, -0.2) is 49.0 Å². The third-order valence-electron chi connectivity index (χ3n) is 2.66. The number of carbonyl (C=O) groups is 1. The summed E-state index contributed by atoms with van der Waals surface area (Å²) in [5.74, 6) is 0.0758. The molecule has 0 aliphatic carbocycles. The van der Waals surface area contributed by atoms with Crippen LogP contribution in [0.1, 0.15) is 21.9 Å². The number of aliphatic hydroxyl groups excluding tert-OH is 1. The molecule has 0 spiro atoms. The Kier molecular flexibility index (Phi) is 5.18. The Morgan fingerprint density at radius 2 is 2.15 bits per heavy atom. The molecule has 0 saturated carbocycles. The number of ether oxygens (including phenoxy) is 1. The molecule has 0 radical (unpaired) electrons. The molecule has 1 aromatic rings. The summed E-state index contributed by atoms with van der Waals surface area (Å²) in [6, 6.07) is 1.41. The van der Waals surface area contributed by atoms with Gasteiger partial charge in [0.15, 0.2) is 6.10 Å². The summed E-state index contributed by atoms with van der Waals surface area (Å²) in [5.41, 5.74) is 0.229. The molecule has 0 saturated heterocycles. The normalized spacial score (nSPS) is 13.6. The van der Waals surface area contributed by atoms with E-state index in [4.69, 9.17) is 9.52 Å². The molecule has 1 rings (SSSR count). The number of likely N-dealkylation sites (N-methyl/N-ethyl adjacent to an activating group) is 1. The van der Waals surface area contributed by atoms with E-state index in [1.54, 1.807) is 6.92 Å². The number of rotatable bonds is 5. The van der Waals surface area contributed by atoms with Crippen LogP contribution >= 0.6 is 0 Å². The molecule has 0 aliphatic rings.